The minimum atomic E-state index is -0.273. The van der Waals surface area contributed by atoms with Gasteiger partial charge < -0.3 is 15.8 Å². The van der Waals surface area contributed by atoms with E-state index in [4.69, 9.17) is 17.3 Å². The molecule has 1 rings (SSSR count). The van der Waals surface area contributed by atoms with Gasteiger partial charge in [0.15, 0.2) is 0 Å². The standard InChI is InChI=1S/C13H17ClN2O3S/c1-19-13(18)3-2-6-16-12(17)8-20-9-4-5-11(15)10(14)7-9/h4-5,7H,2-3,6,8,15H2,1H3,(H,16,17). The van der Waals surface area contributed by atoms with Crippen LogP contribution in [0.1, 0.15) is 12.8 Å². The Kier molecular flexibility index (Phi) is 7.25. The van der Waals surface area contributed by atoms with Crippen LogP contribution >= 0.6 is 23.4 Å². The van der Waals surface area contributed by atoms with Crippen molar-refractivity contribution in [3.8, 4) is 0 Å². The van der Waals surface area contributed by atoms with E-state index in [-0.39, 0.29) is 11.9 Å². The first-order valence-corrected chi connectivity index (χ1v) is 7.40. The molecule has 0 radical (unpaired) electrons. The number of carbonyl (C=O) groups is 2. The second-order valence-corrected chi connectivity index (χ2v) is 5.46. The molecule has 1 amide bonds. The third-order valence-electron chi connectivity index (χ3n) is 2.45. The Balaban J connectivity index is 2.22. The number of carbonyl (C=O) groups excluding carboxylic acids is 2. The second kappa shape index (κ2) is 8.71. The number of methoxy groups -OCH3 is 1. The van der Waals surface area contributed by atoms with Gasteiger partial charge in [0.2, 0.25) is 5.91 Å². The topological polar surface area (TPSA) is 81.4 Å². The second-order valence-electron chi connectivity index (χ2n) is 4.00. The fraction of sp³-hybridized carbons (Fsp3) is 0.385. The minimum absolute atomic E-state index is 0.0900. The van der Waals surface area contributed by atoms with E-state index < -0.39 is 0 Å². The van der Waals surface area contributed by atoms with Gasteiger partial charge in [0.25, 0.3) is 0 Å². The summed E-state index contributed by atoms with van der Waals surface area (Å²) in [6.07, 6.45) is 0.869. The molecule has 0 aliphatic carbocycles. The minimum Gasteiger partial charge on any atom is -0.469 e. The molecule has 0 aromatic heterocycles. The number of hydrogen-bond acceptors (Lipinski definition) is 5. The van der Waals surface area contributed by atoms with E-state index in [0.29, 0.717) is 35.8 Å². The van der Waals surface area contributed by atoms with Gasteiger partial charge in [0.05, 0.1) is 23.6 Å². The third-order valence-corrected chi connectivity index (χ3v) is 3.77. The van der Waals surface area contributed by atoms with Crippen LogP contribution in [0.3, 0.4) is 0 Å². The third kappa shape index (κ3) is 6.16. The predicted molar refractivity (Wildman–Crippen MR) is 80.8 cm³/mol. The Hall–Kier alpha value is -1.40. The van der Waals surface area contributed by atoms with Crippen molar-refractivity contribution in [1.29, 1.82) is 0 Å². The lowest BCUT2D eigenvalue weighted by Crippen LogP contribution is -2.26. The zero-order chi connectivity index (χ0) is 15.0. The molecule has 0 saturated heterocycles. The highest BCUT2D eigenvalue weighted by atomic mass is 35.5. The smallest absolute Gasteiger partial charge is 0.305 e. The summed E-state index contributed by atoms with van der Waals surface area (Å²) in [6, 6.07) is 5.25. The summed E-state index contributed by atoms with van der Waals surface area (Å²) >= 11 is 7.27. The Morgan fingerprint density at radius 2 is 2.20 bits per heavy atom. The monoisotopic (exact) mass is 316 g/mol. The normalized spacial score (nSPS) is 10.1. The molecule has 20 heavy (non-hydrogen) atoms. The molecule has 0 fully saturated rings. The van der Waals surface area contributed by atoms with Crippen molar-refractivity contribution in [2.24, 2.45) is 0 Å². The number of nitrogens with one attached hydrogen (secondary N) is 1. The van der Waals surface area contributed by atoms with Gasteiger partial charge in [-0.05, 0) is 24.6 Å². The molecule has 3 N–H and O–H groups in total. The Morgan fingerprint density at radius 1 is 1.45 bits per heavy atom. The van der Waals surface area contributed by atoms with E-state index >= 15 is 0 Å². The van der Waals surface area contributed by atoms with Gasteiger partial charge in [-0.1, -0.05) is 11.6 Å². The average molecular weight is 317 g/mol. The molecule has 0 spiro atoms. The number of rotatable bonds is 7. The highest BCUT2D eigenvalue weighted by molar-refractivity contribution is 8.00. The lowest BCUT2D eigenvalue weighted by molar-refractivity contribution is -0.140. The van der Waals surface area contributed by atoms with Crippen LogP contribution in [0.5, 0.6) is 0 Å². The molecular formula is C13H17ClN2O3S. The maximum Gasteiger partial charge on any atom is 0.305 e. The molecule has 1 aromatic carbocycles. The van der Waals surface area contributed by atoms with Crippen LogP contribution in [-0.2, 0) is 14.3 Å². The summed E-state index contributed by atoms with van der Waals surface area (Å²) in [6.45, 7) is 0.455. The van der Waals surface area contributed by atoms with Crippen molar-refractivity contribution in [3.63, 3.8) is 0 Å². The first-order chi connectivity index (χ1) is 9.52. The van der Waals surface area contributed by atoms with Crippen LogP contribution in [0, 0.1) is 0 Å². The molecule has 5 nitrogen and oxygen atoms in total. The zero-order valence-corrected chi connectivity index (χ0v) is 12.7. The van der Waals surface area contributed by atoms with Crippen molar-refractivity contribution >= 4 is 40.9 Å². The number of amides is 1. The maximum absolute atomic E-state index is 11.6. The van der Waals surface area contributed by atoms with Gasteiger partial charge in [0.1, 0.15) is 0 Å². The first kappa shape index (κ1) is 16.7. The molecular weight excluding hydrogens is 300 g/mol. The van der Waals surface area contributed by atoms with Gasteiger partial charge in [-0.3, -0.25) is 9.59 Å². The largest absolute Gasteiger partial charge is 0.469 e. The maximum atomic E-state index is 11.6. The van der Waals surface area contributed by atoms with Gasteiger partial charge in [-0.2, -0.15) is 0 Å². The molecule has 0 unspecified atom stereocenters. The van der Waals surface area contributed by atoms with Crippen molar-refractivity contribution in [2.45, 2.75) is 17.7 Å². The Bertz CT molecular complexity index is 483. The fourth-order valence-electron chi connectivity index (χ4n) is 1.36. The summed E-state index contributed by atoms with van der Waals surface area (Å²) in [5, 5.41) is 3.21. The number of nitrogens with two attached hydrogens (primary N) is 1. The van der Waals surface area contributed by atoms with E-state index in [0.717, 1.165) is 4.90 Å². The number of esters is 1. The van der Waals surface area contributed by atoms with Gasteiger partial charge in [-0.15, -0.1) is 11.8 Å². The van der Waals surface area contributed by atoms with Crippen molar-refractivity contribution in [1.82, 2.24) is 5.32 Å². The van der Waals surface area contributed by atoms with Crippen LogP contribution < -0.4 is 11.1 Å². The van der Waals surface area contributed by atoms with Gasteiger partial charge >= 0.3 is 5.97 Å². The number of anilines is 1. The van der Waals surface area contributed by atoms with Crippen LogP contribution in [0.15, 0.2) is 23.1 Å². The van der Waals surface area contributed by atoms with Crippen LogP contribution in [-0.4, -0.2) is 31.3 Å². The fourth-order valence-corrected chi connectivity index (χ4v) is 2.37. The number of hydrogen-bond donors (Lipinski definition) is 2. The summed E-state index contributed by atoms with van der Waals surface area (Å²) in [5.74, 6) is -0.0729. The summed E-state index contributed by atoms with van der Waals surface area (Å²) in [7, 11) is 1.34. The summed E-state index contributed by atoms with van der Waals surface area (Å²) in [4.78, 5) is 23.3. The molecule has 110 valence electrons. The lowest BCUT2D eigenvalue weighted by atomic mass is 10.3. The quantitative estimate of drug-likeness (QED) is 0.348. The van der Waals surface area contributed by atoms with E-state index in [2.05, 4.69) is 10.1 Å². The predicted octanol–water partition coefficient (Wildman–Crippen LogP) is 2.08. The lowest BCUT2D eigenvalue weighted by Gasteiger charge is -2.06. The van der Waals surface area contributed by atoms with Crippen LogP contribution in [0.4, 0.5) is 5.69 Å². The highest BCUT2D eigenvalue weighted by Crippen LogP contribution is 2.26. The summed E-state index contributed by atoms with van der Waals surface area (Å²) in [5.41, 5.74) is 6.12. The molecule has 0 atom stereocenters. The molecule has 7 heteroatoms. The van der Waals surface area contributed by atoms with E-state index in [1.807, 2.05) is 6.07 Å². The molecule has 0 aliphatic rings. The van der Waals surface area contributed by atoms with E-state index in [1.165, 1.54) is 18.9 Å². The molecule has 0 aliphatic heterocycles. The highest BCUT2D eigenvalue weighted by Gasteiger charge is 2.05. The average Bonchev–Trinajstić information content (AvgIpc) is 2.44. The number of ether oxygens (including phenoxy) is 1. The number of benzene rings is 1. The first-order valence-electron chi connectivity index (χ1n) is 6.04. The van der Waals surface area contributed by atoms with E-state index in [1.54, 1.807) is 12.1 Å². The number of nitrogen functional groups attached to an aromatic ring is 1. The van der Waals surface area contributed by atoms with Crippen molar-refractivity contribution in [3.05, 3.63) is 23.2 Å². The van der Waals surface area contributed by atoms with Crippen molar-refractivity contribution < 1.29 is 14.3 Å². The van der Waals surface area contributed by atoms with E-state index in [9.17, 15) is 9.59 Å². The van der Waals surface area contributed by atoms with Gasteiger partial charge in [0, 0.05) is 17.9 Å². The molecule has 0 bridgehead atoms. The molecule has 0 heterocycles. The van der Waals surface area contributed by atoms with Crippen molar-refractivity contribution in [2.75, 3.05) is 25.1 Å². The Morgan fingerprint density at radius 3 is 2.85 bits per heavy atom. The van der Waals surface area contributed by atoms with Crippen LogP contribution in [0.2, 0.25) is 5.02 Å². The summed E-state index contributed by atoms with van der Waals surface area (Å²) < 4.78 is 4.50. The molecule has 1 aromatic rings. The molecule has 0 saturated carbocycles. The van der Waals surface area contributed by atoms with Crippen LogP contribution in [0.25, 0.3) is 0 Å². The SMILES string of the molecule is COC(=O)CCCNC(=O)CSc1ccc(N)c(Cl)c1. The Labute approximate surface area is 127 Å². The number of halogens is 1. The zero-order valence-electron chi connectivity index (χ0n) is 11.1. The number of thioether (sulfide) groups is 1. The van der Waals surface area contributed by atoms with Gasteiger partial charge in [-0.25, -0.2) is 0 Å².